The summed E-state index contributed by atoms with van der Waals surface area (Å²) in [5.74, 6) is -0.104. The summed E-state index contributed by atoms with van der Waals surface area (Å²) in [6, 6.07) is 17.1. The van der Waals surface area contributed by atoms with Gasteiger partial charge >= 0.3 is 0 Å². The zero-order valence-electron chi connectivity index (χ0n) is 14.3. The smallest absolute Gasteiger partial charge is 0.255 e. The lowest BCUT2D eigenvalue weighted by Crippen LogP contribution is -2.29. The number of carbonyl (C=O) groups is 2. The average molecular weight is 354 g/mol. The highest BCUT2D eigenvalue weighted by Gasteiger charge is 2.23. The number of hydrogen-bond acceptors (Lipinski definition) is 3. The van der Waals surface area contributed by atoms with E-state index in [0.29, 0.717) is 11.3 Å². The molecule has 2 amide bonds. The zero-order chi connectivity index (χ0) is 17.6. The number of amides is 2. The molecule has 0 aliphatic carbocycles. The van der Waals surface area contributed by atoms with Crippen molar-refractivity contribution in [2.45, 2.75) is 29.9 Å². The number of anilines is 1. The van der Waals surface area contributed by atoms with Gasteiger partial charge in [-0.1, -0.05) is 30.3 Å². The number of nitrogens with one attached hydrogen (secondary N) is 1. The molecule has 25 heavy (non-hydrogen) atoms. The Balaban J connectivity index is 1.69. The lowest BCUT2D eigenvalue weighted by molar-refractivity contribution is -0.115. The van der Waals surface area contributed by atoms with Crippen LogP contribution in [0.25, 0.3) is 0 Å². The molecule has 1 aliphatic heterocycles. The fourth-order valence-corrected chi connectivity index (χ4v) is 3.75. The first-order valence-corrected chi connectivity index (χ1v) is 9.44. The molecule has 1 aliphatic rings. The lowest BCUT2D eigenvalue weighted by Gasteiger charge is -2.19. The maximum absolute atomic E-state index is 12.7. The van der Waals surface area contributed by atoms with Crippen LogP contribution in [0, 0.1) is 0 Å². The van der Waals surface area contributed by atoms with Gasteiger partial charge in [0.15, 0.2) is 0 Å². The summed E-state index contributed by atoms with van der Waals surface area (Å²) < 4.78 is 0. The minimum atomic E-state index is -0.252. The van der Waals surface area contributed by atoms with Gasteiger partial charge in [0.1, 0.15) is 0 Å². The quantitative estimate of drug-likeness (QED) is 0.825. The van der Waals surface area contributed by atoms with Crippen LogP contribution >= 0.6 is 11.8 Å². The molecular formula is C20H22N2O2S. The Bertz CT molecular complexity index is 742. The molecule has 2 aromatic carbocycles. The maximum Gasteiger partial charge on any atom is 0.255 e. The third kappa shape index (κ3) is 4.42. The van der Waals surface area contributed by atoms with Gasteiger partial charge in [0, 0.05) is 18.0 Å². The highest BCUT2D eigenvalue weighted by Crippen LogP contribution is 2.25. The standard InChI is InChI=1S/C20H22N2O2S/c1-15(25-16-9-3-2-4-10-16)19(23)21-18-12-6-5-11-17(18)20(24)22-13-7-8-14-22/h2-6,9-12,15H,7-8,13-14H2,1H3,(H,21,23)/t15-/m0/s1. The molecule has 0 saturated carbocycles. The van der Waals surface area contributed by atoms with E-state index in [0.717, 1.165) is 30.8 Å². The van der Waals surface area contributed by atoms with Crippen molar-refractivity contribution in [3.05, 3.63) is 60.2 Å². The van der Waals surface area contributed by atoms with Crippen molar-refractivity contribution in [1.29, 1.82) is 0 Å². The fraction of sp³-hybridized carbons (Fsp3) is 0.300. The zero-order valence-corrected chi connectivity index (χ0v) is 15.1. The number of rotatable bonds is 5. The molecule has 130 valence electrons. The molecule has 1 heterocycles. The van der Waals surface area contributed by atoms with E-state index < -0.39 is 0 Å². The van der Waals surface area contributed by atoms with Gasteiger partial charge in [-0.05, 0) is 44.0 Å². The van der Waals surface area contributed by atoms with Crippen molar-refractivity contribution in [2.24, 2.45) is 0 Å². The predicted octanol–water partition coefficient (Wildman–Crippen LogP) is 4.04. The van der Waals surface area contributed by atoms with Crippen molar-refractivity contribution < 1.29 is 9.59 Å². The SMILES string of the molecule is C[C@H](Sc1ccccc1)C(=O)Nc1ccccc1C(=O)N1CCCC1. The number of benzene rings is 2. The molecule has 2 aromatic rings. The Morgan fingerprint density at radius 1 is 1.00 bits per heavy atom. The molecule has 1 saturated heterocycles. The van der Waals surface area contributed by atoms with E-state index in [1.165, 1.54) is 11.8 Å². The van der Waals surface area contributed by atoms with Crippen molar-refractivity contribution in [1.82, 2.24) is 4.90 Å². The van der Waals surface area contributed by atoms with Crippen LogP contribution in [0.4, 0.5) is 5.69 Å². The van der Waals surface area contributed by atoms with E-state index in [-0.39, 0.29) is 17.1 Å². The summed E-state index contributed by atoms with van der Waals surface area (Å²) in [5.41, 5.74) is 1.15. The van der Waals surface area contributed by atoms with Crippen LogP contribution in [0.3, 0.4) is 0 Å². The molecule has 0 bridgehead atoms. The van der Waals surface area contributed by atoms with E-state index >= 15 is 0 Å². The van der Waals surface area contributed by atoms with Gasteiger partial charge in [0.05, 0.1) is 16.5 Å². The van der Waals surface area contributed by atoms with Gasteiger partial charge in [-0.2, -0.15) is 0 Å². The largest absolute Gasteiger partial charge is 0.339 e. The first-order chi connectivity index (χ1) is 12.1. The molecule has 0 unspecified atom stereocenters. The van der Waals surface area contributed by atoms with E-state index in [2.05, 4.69) is 5.32 Å². The normalized spacial score (nSPS) is 15.0. The minimum Gasteiger partial charge on any atom is -0.339 e. The highest BCUT2D eigenvalue weighted by atomic mass is 32.2. The highest BCUT2D eigenvalue weighted by molar-refractivity contribution is 8.00. The van der Waals surface area contributed by atoms with Crippen molar-refractivity contribution in [3.63, 3.8) is 0 Å². The van der Waals surface area contributed by atoms with Crippen LogP contribution in [0.15, 0.2) is 59.5 Å². The molecule has 0 radical (unpaired) electrons. The van der Waals surface area contributed by atoms with Crippen LogP contribution in [-0.4, -0.2) is 35.1 Å². The van der Waals surface area contributed by atoms with Gasteiger partial charge < -0.3 is 10.2 Å². The fourth-order valence-electron chi connectivity index (χ4n) is 2.86. The van der Waals surface area contributed by atoms with Gasteiger partial charge in [0.2, 0.25) is 5.91 Å². The third-order valence-corrected chi connectivity index (χ3v) is 5.35. The Labute approximate surface area is 152 Å². The first-order valence-electron chi connectivity index (χ1n) is 8.56. The van der Waals surface area contributed by atoms with Crippen LogP contribution in [0.1, 0.15) is 30.1 Å². The topological polar surface area (TPSA) is 49.4 Å². The Hall–Kier alpha value is -2.27. The molecule has 0 spiro atoms. The second-order valence-corrected chi connectivity index (χ2v) is 7.52. The van der Waals surface area contributed by atoms with Gasteiger partial charge in [-0.15, -0.1) is 11.8 Å². The summed E-state index contributed by atoms with van der Waals surface area (Å²) >= 11 is 1.50. The number of nitrogens with zero attached hydrogens (tertiary/aromatic N) is 1. The number of likely N-dealkylation sites (tertiary alicyclic amines) is 1. The summed E-state index contributed by atoms with van der Waals surface area (Å²) in [7, 11) is 0. The minimum absolute atomic E-state index is 0.00299. The first kappa shape index (κ1) is 17.5. The van der Waals surface area contributed by atoms with Gasteiger partial charge in [-0.3, -0.25) is 9.59 Å². The molecule has 1 N–H and O–H groups in total. The predicted molar refractivity (Wildman–Crippen MR) is 102 cm³/mol. The molecule has 0 aromatic heterocycles. The molecule has 1 fully saturated rings. The number of para-hydroxylation sites is 1. The Kier molecular flexibility index (Phi) is 5.76. The van der Waals surface area contributed by atoms with Crippen molar-refractivity contribution in [2.75, 3.05) is 18.4 Å². The van der Waals surface area contributed by atoms with E-state index in [1.54, 1.807) is 12.1 Å². The lowest BCUT2D eigenvalue weighted by atomic mass is 10.1. The average Bonchev–Trinajstić information content (AvgIpc) is 3.17. The van der Waals surface area contributed by atoms with Crippen molar-refractivity contribution in [3.8, 4) is 0 Å². The second kappa shape index (κ2) is 8.21. The van der Waals surface area contributed by atoms with Crippen LogP contribution in [-0.2, 0) is 4.79 Å². The van der Waals surface area contributed by atoms with E-state index in [1.807, 2.05) is 54.3 Å². The Morgan fingerprint density at radius 3 is 2.36 bits per heavy atom. The summed E-state index contributed by atoms with van der Waals surface area (Å²) in [6.07, 6.45) is 2.09. The van der Waals surface area contributed by atoms with Crippen molar-refractivity contribution >= 4 is 29.3 Å². The summed E-state index contributed by atoms with van der Waals surface area (Å²) in [6.45, 7) is 3.46. The number of thioether (sulfide) groups is 1. The van der Waals surface area contributed by atoms with E-state index in [9.17, 15) is 9.59 Å². The summed E-state index contributed by atoms with van der Waals surface area (Å²) in [4.78, 5) is 28.1. The number of hydrogen-bond donors (Lipinski definition) is 1. The second-order valence-electron chi connectivity index (χ2n) is 6.11. The monoisotopic (exact) mass is 354 g/mol. The molecular weight excluding hydrogens is 332 g/mol. The third-order valence-electron chi connectivity index (χ3n) is 4.23. The molecule has 3 rings (SSSR count). The van der Waals surface area contributed by atoms with Crippen LogP contribution < -0.4 is 5.32 Å². The maximum atomic E-state index is 12.7. The number of carbonyl (C=O) groups excluding carboxylic acids is 2. The molecule has 4 nitrogen and oxygen atoms in total. The Morgan fingerprint density at radius 2 is 1.64 bits per heavy atom. The molecule has 1 atom stereocenters. The summed E-state index contributed by atoms with van der Waals surface area (Å²) in [5, 5.41) is 2.68. The van der Waals surface area contributed by atoms with Crippen LogP contribution in [0.2, 0.25) is 0 Å². The van der Waals surface area contributed by atoms with Gasteiger partial charge in [0.25, 0.3) is 5.91 Å². The van der Waals surface area contributed by atoms with Crippen LogP contribution in [0.5, 0.6) is 0 Å². The van der Waals surface area contributed by atoms with Gasteiger partial charge in [-0.25, -0.2) is 0 Å². The van der Waals surface area contributed by atoms with E-state index in [4.69, 9.17) is 0 Å². The molecule has 5 heteroatoms.